The monoisotopic (exact) mass is 218 g/mol. The van der Waals surface area contributed by atoms with Crippen LogP contribution in [0.3, 0.4) is 0 Å². The Morgan fingerprint density at radius 3 is 2.50 bits per heavy atom. The molecule has 0 fully saturated rings. The zero-order valence-corrected chi connectivity index (χ0v) is 11.3. The molecule has 0 saturated heterocycles. The summed E-state index contributed by atoms with van der Waals surface area (Å²) in [4.78, 5) is 0. The summed E-state index contributed by atoms with van der Waals surface area (Å²) in [5, 5.41) is 0. The van der Waals surface area contributed by atoms with Crippen molar-refractivity contribution in [2.24, 2.45) is 0 Å². The van der Waals surface area contributed by atoms with Gasteiger partial charge in [0, 0.05) is 0 Å². The minimum Gasteiger partial charge on any atom is -0.716 e. The molecule has 0 aliphatic heterocycles. The standard InChI is InChI=1S/C6H12O4S.K/c1-2-3-4-5-6-10-11(7,8)9;/h5-6H,2-4H2,1H3,(H,7,8,9);/q;+1/p-1/b6-5+;. The van der Waals surface area contributed by atoms with Crippen LogP contribution in [-0.2, 0) is 14.6 Å². The third-order valence-electron chi connectivity index (χ3n) is 0.994. The molecule has 0 atom stereocenters. The van der Waals surface area contributed by atoms with Crippen LogP contribution in [0.1, 0.15) is 26.2 Å². The predicted molar refractivity (Wildman–Crippen MR) is 39.4 cm³/mol. The molecule has 4 nitrogen and oxygen atoms in total. The van der Waals surface area contributed by atoms with Crippen LogP contribution < -0.4 is 51.4 Å². The Balaban J connectivity index is 0. The van der Waals surface area contributed by atoms with Crippen molar-refractivity contribution in [2.75, 3.05) is 0 Å². The first-order valence-corrected chi connectivity index (χ1v) is 4.68. The Morgan fingerprint density at radius 2 is 2.08 bits per heavy atom. The molecule has 0 aliphatic rings. The van der Waals surface area contributed by atoms with Gasteiger partial charge >= 0.3 is 51.4 Å². The minimum atomic E-state index is -4.55. The van der Waals surface area contributed by atoms with Crippen LogP contribution in [0.5, 0.6) is 0 Å². The zero-order valence-electron chi connectivity index (χ0n) is 7.32. The van der Waals surface area contributed by atoms with Gasteiger partial charge in [-0.15, -0.1) is 0 Å². The normalized spacial score (nSPS) is 11.2. The van der Waals surface area contributed by atoms with Crippen LogP contribution in [0.15, 0.2) is 12.3 Å². The molecule has 0 aliphatic carbocycles. The molecule has 12 heavy (non-hydrogen) atoms. The van der Waals surface area contributed by atoms with E-state index in [1.54, 1.807) is 0 Å². The van der Waals surface area contributed by atoms with Crippen molar-refractivity contribution < 1.29 is 68.5 Å². The van der Waals surface area contributed by atoms with Crippen LogP contribution in [-0.4, -0.2) is 13.0 Å². The van der Waals surface area contributed by atoms with E-state index in [0.717, 1.165) is 25.5 Å². The van der Waals surface area contributed by atoms with Gasteiger partial charge < -0.3 is 8.74 Å². The summed E-state index contributed by atoms with van der Waals surface area (Å²) in [5.41, 5.74) is 0. The van der Waals surface area contributed by atoms with Gasteiger partial charge in [0.15, 0.2) is 0 Å². The quantitative estimate of drug-likeness (QED) is 0.179. The maximum absolute atomic E-state index is 9.83. The molecule has 0 aromatic rings. The van der Waals surface area contributed by atoms with Crippen molar-refractivity contribution in [1.29, 1.82) is 0 Å². The molecular weight excluding hydrogens is 207 g/mol. The fraction of sp³-hybridized carbons (Fsp3) is 0.667. The van der Waals surface area contributed by atoms with Gasteiger partial charge in [0.1, 0.15) is 6.26 Å². The smallest absolute Gasteiger partial charge is 0.716 e. The topological polar surface area (TPSA) is 66.4 Å². The number of rotatable bonds is 5. The average molecular weight is 218 g/mol. The molecule has 0 radical (unpaired) electrons. The maximum Gasteiger partial charge on any atom is 1.00 e. The molecule has 0 amide bonds. The molecular formula is C6H11KO4S. The van der Waals surface area contributed by atoms with Crippen molar-refractivity contribution in [1.82, 2.24) is 0 Å². The van der Waals surface area contributed by atoms with E-state index in [0.29, 0.717) is 0 Å². The van der Waals surface area contributed by atoms with Crippen molar-refractivity contribution in [3.8, 4) is 0 Å². The van der Waals surface area contributed by atoms with E-state index in [1.807, 2.05) is 6.92 Å². The summed E-state index contributed by atoms with van der Waals surface area (Å²) in [6.45, 7) is 2.01. The zero-order chi connectivity index (χ0) is 8.74. The molecule has 66 valence electrons. The third kappa shape index (κ3) is 13.7. The molecule has 0 rings (SSSR count). The molecule has 6 heteroatoms. The summed E-state index contributed by atoms with van der Waals surface area (Å²) in [5.74, 6) is 0. The second-order valence-electron chi connectivity index (χ2n) is 2.02. The van der Waals surface area contributed by atoms with Crippen LogP contribution in [0.25, 0.3) is 0 Å². The van der Waals surface area contributed by atoms with Crippen LogP contribution in [0.4, 0.5) is 0 Å². The Morgan fingerprint density at radius 1 is 1.50 bits per heavy atom. The number of hydrogen-bond acceptors (Lipinski definition) is 4. The second kappa shape index (κ2) is 8.67. The van der Waals surface area contributed by atoms with Crippen molar-refractivity contribution in [3.05, 3.63) is 12.3 Å². The van der Waals surface area contributed by atoms with E-state index in [2.05, 4.69) is 4.18 Å². The summed E-state index contributed by atoms with van der Waals surface area (Å²) in [6, 6.07) is 0. The van der Waals surface area contributed by atoms with Crippen LogP contribution >= 0.6 is 0 Å². The average Bonchev–Trinajstić information content (AvgIpc) is 1.85. The first kappa shape index (κ1) is 15.6. The van der Waals surface area contributed by atoms with Gasteiger partial charge in [-0.3, -0.25) is 0 Å². The van der Waals surface area contributed by atoms with Gasteiger partial charge in [-0.25, -0.2) is 8.42 Å². The van der Waals surface area contributed by atoms with Gasteiger partial charge in [-0.1, -0.05) is 13.3 Å². The fourth-order valence-electron chi connectivity index (χ4n) is 0.497. The van der Waals surface area contributed by atoms with Gasteiger partial charge in [-0.2, -0.15) is 0 Å². The molecule has 0 spiro atoms. The van der Waals surface area contributed by atoms with Gasteiger partial charge in [0.05, 0.1) is 0 Å². The Labute approximate surface area is 116 Å². The summed E-state index contributed by atoms with van der Waals surface area (Å²) in [6.07, 6.45) is 5.14. The number of hydrogen-bond donors (Lipinski definition) is 0. The SMILES string of the molecule is CCCC/C=C/OS(=O)(=O)[O-].[K+]. The van der Waals surface area contributed by atoms with Crippen LogP contribution in [0.2, 0.25) is 0 Å². The van der Waals surface area contributed by atoms with E-state index in [9.17, 15) is 13.0 Å². The first-order chi connectivity index (χ1) is 5.06. The number of allylic oxidation sites excluding steroid dienone is 1. The largest absolute Gasteiger partial charge is 1.00 e. The molecule has 0 unspecified atom stereocenters. The molecule has 0 aromatic heterocycles. The summed E-state index contributed by atoms with van der Waals surface area (Å²) < 4.78 is 33.3. The Hall–Kier alpha value is 1.09. The summed E-state index contributed by atoms with van der Waals surface area (Å²) in [7, 11) is -4.55. The van der Waals surface area contributed by atoms with Crippen molar-refractivity contribution in [3.63, 3.8) is 0 Å². The Bertz CT molecular complexity index is 210. The Kier molecular flexibility index (Phi) is 11.2. The fourth-order valence-corrected chi connectivity index (χ4v) is 0.712. The molecule has 0 heterocycles. The molecule has 0 aromatic carbocycles. The second-order valence-corrected chi connectivity index (χ2v) is 3.03. The predicted octanol–water partition coefficient (Wildman–Crippen LogP) is -1.83. The molecule has 0 N–H and O–H groups in total. The molecule has 0 saturated carbocycles. The van der Waals surface area contributed by atoms with Gasteiger partial charge in [0.2, 0.25) is 0 Å². The van der Waals surface area contributed by atoms with E-state index in [1.165, 1.54) is 6.08 Å². The van der Waals surface area contributed by atoms with Gasteiger partial charge in [-0.05, 0) is 18.9 Å². The van der Waals surface area contributed by atoms with Crippen LogP contribution in [0, 0.1) is 0 Å². The van der Waals surface area contributed by atoms with E-state index in [-0.39, 0.29) is 51.4 Å². The van der Waals surface area contributed by atoms with Crippen molar-refractivity contribution >= 4 is 10.4 Å². The number of unbranched alkanes of at least 4 members (excludes halogenated alkanes) is 2. The third-order valence-corrected chi connectivity index (χ3v) is 1.34. The van der Waals surface area contributed by atoms with E-state index < -0.39 is 10.4 Å². The summed E-state index contributed by atoms with van der Waals surface area (Å²) >= 11 is 0. The van der Waals surface area contributed by atoms with Gasteiger partial charge in [0.25, 0.3) is 10.4 Å². The maximum atomic E-state index is 9.83. The van der Waals surface area contributed by atoms with E-state index in [4.69, 9.17) is 0 Å². The van der Waals surface area contributed by atoms with Crippen molar-refractivity contribution in [2.45, 2.75) is 26.2 Å². The first-order valence-electron chi connectivity index (χ1n) is 3.35. The minimum absolute atomic E-state index is 0. The molecule has 0 bridgehead atoms. The van der Waals surface area contributed by atoms with E-state index >= 15 is 0 Å².